The molecule has 0 bridgehead atoms. The Morgan fingerprint density at radius 3 is 2.70 bits per heavy atom. The van der Waals surface area contributed by atoms with Crippen LogP contribution >= 0.6 is 0 Å². The van der Waals surface area contributed by atoms with E-state index in [1.54, 1.807) is 43.1 Å². The molecule has 152 valence electrons. The number of amides is 2. The molecule has 0 saturated carbocycles. The molecule has 4 rings (SSSR count). The predicted molar refractivity (Wildman–Crippen MR) is 111 cm³/mol. The molecule has 0 unspecified atom stereocenters. The first-order valence-electron chi connectivity index (χ1n) is 9.36. The molecule has 8 nitrogen and oxygen atoms in total. The molecule has 0 fully saturated rings. The maximum atomic E-state index is 13.3. The summed E-state index contributed by atoms with van der Waals surface area (Å²) in [5.74, 6) is 0.123. The van der Waals surface area contributed by atoms with Crippen LogP contribution < -0.4 is 5.32 Å². The van der Waals surface area contributed by atoms with Crippen LogP contribution in [0.25, 0.3) is 22.6 Å². The van der Waals surface area contributed by atoms with Gasteiger partial charge in [-0.15, -0.1) is 0 Å². The summed E-state index contributed by atoms with van der Waals surface area (Å²) in [4.78, 5) is 30.9. The molecule has 0 atom stereocenters. The number of para-hydroxylation sites is 1. The third-order valence-electron chi connectivity index (χ3n) is 4.85. The van der Waals surface area contributed by atoms with Crippen LogP contribution in [-0.2, 0) is 11.3 Å². The van der Waals surface area contributed by atoms with Crippen molar-refractivity contribution in [3.05, 3.63) is 65.5 Å². The summed E-state index contributed by atoms with van der Waals surface area (Å²) >= 11 is 0. The van der Waals surface area contributed by atoms with E-state index in [2.05, 4.69) is 15.5 Å². The van der Waals surface area contributed by atoms with Crippen LogP contribution in [0.5, 0.6) is 0 Å². The fourth-order valence-electron chi connectivity index (χ4n) is 3.16. The first-order chi connectivity index (χ1) is 14.4. The predicted octanol–water partition coefficient (Wildman–Crippen LogP) is 4.02. The summed E-state index contributed by atoms with van der Waals surface area (Å²) in [7, 11) is 1.71. The normalized spacial score (nSPS) is 10.9. The molecule has 30 heavy (non-hydrogen) atoms. The molecule has 8 heteroatoms. The van der Waals surface area contributed by atoms with Gasteiger partial charge in [-0.1, -0.05) is 23.4 Å². The summed E-state index contributed by atoms with van der Waals surface area (Å²) in [6, 6.07) is 12.5. The number of aromatic nitrogens is 2. The highest BCUT2D eigenvalue weighted by Crippen LogP contribution is 2.28. The third kappa shape index (κ3) is 3.67. The van der Waals surface area contributed by atoms with Crippen molar-refractivity contribution in [1.82, 2.24) is 15.0 Å². The van der Waals surface area contributed by atoms with E-state index in [1.807, 2.05) is 18.2 Å². The first kappa shape index (κ1) is 19.4. The van der Waals surface area contributed by atoms with E-state index in [0.29, 0.717) is 40.3 Å². The van der Waals surface area contributed by atoms with Crippen molar-refractivity contribution in [3.8, 4) is 11.5 Å². The van der Waals surface area contributed by atoms with E-state index in [9.17, 15) is 9.59 Å². The molecular weight excluding hydrogens is 384 g/mol. The molecule has 1 N–H and O–H groups in total. The van der Waals surface area contributed by atoms with Gasteiger partial charge in [0.15, 0.2) is 5.76 Å². The molecule has 0 aliphatic rings. The molecule has 0 aliphatic carbocycles. The maximum Gasteiger partial charge on any atom is 0.259 e. The lowest BCUT2D eigenvalue weighted by Gasteiger charge is -2.18. The Bertz CT molecular complexity index is 1230. The molecule has 0 spiro atoms. The number of furan rings is 1. The van der Waals surface area contributed by atoms with Gasteiger partial charge in [-0.05, 0) is 36.8 Å². The van der Waals surface area contributed by atoms with E-state index >= 15 is 0 Å². The molecule has 0 radical (unpaired) electrons. The van der Waals surface area contributed by atoms with E-state index in [0.717, 1.165) is 5.56 Å². The molecule has 4 aromatic rings. The van der Waals surface area contributed by atoms with Crippen LogP contribution in [0.15, 0.2) is 57.7 Å². The van der Waals surface area contributed by atoms with Crippen molar-refractivity contribution >= 4 is 28.6 Å². The zero-order valence-corrected chi connectivity index (χ0v) is 16.8. The second kappa shape index (κ2) is 7.82. The topological polar surface area (TPSA) is 101 Å². The number of nitrogens with zero attached hydrogens (tertiary/aromatic N) is 3. The van der Waals surface area contributed by atoms with E-state index < -0.39 is 0 Å². The zero-order chi connectivity index (χ0) is 21.3. The van der Waals surface area contributed by atoms with Crippen LogP contribution in [0.3, 0.4) is 0 Å². The number of benzene rings is 1. The number of pyridine rings is 1. The van der Waals surface area contributed by atoms with Crippen LogP contribution in [0.4, 0.5) is 5.69 Å². The number of nitrogens with one attached hydrogen (secondary N) is 1. The Balaban J connectivity index is 1.73. The van der Waals surface area contributed by atoms with Gasteiger partial charge < -0.3 is 19.2 Å². The standard InChI is InChI=1S/C22H20N4O4/c1-13-20-16(11-18(19-9-6-10-29-19)24-22(20)30-25-13)21(28)23-17-8-5-4-7-15(17)12-26(3)14(2)27/h4-11H,12H2,1-3H3,(H,23,28). The summed E-state index contributed by atoms with van der Waals surface area (Å²) in [5.41, 5.74) is 3.11. The lowest BCUT2D eigenvalue weighted by atomic mass is 10.1. The van der Waals surface area contributed by atoms with Crippen molar-refractivity contribution in [2.24, 2.45) is 0 Å². The quantitative estimate of drug-likeness (QED) is 0.539. The second-order valence-electron chi connectivity index (χ2n) is 6.97. The number of fused-ring (bicyclic) bond motifs is 1. The van der Waals surface area contributed by atoms with Crippen molar-refractivity contribution in [2.45, 2.75) is 20.4 Å². The monoisotopic (exact) mass is 404 g/mol. The number of anilines is 1. The Kier molecular flexibility index (Phi) is 5.05. The molecule has 1 aromatic carbocycles. The molecule has 0 aliphatic heterocycles. The zero-order valence-electron chi connectivity index (χ0n) is 16.8. The summed E-state index contributed by atoms with van der Waals surface area (Å²) < 4.78 is 10.7. The lowest BCUT2D eigenvalue weighted by Crippen LogP contribution is -2.24. The second-order valence-corrected chi connectivity index (χ2v) is 6.97. The highest BCUT2D eigenvalue weighted by atomic mass is 16.5. The SMILES string of the molecule is CC(=O)N(C)Cc1ccccc1NC(=O)c1cc(-c2ccco2)nc2onc(C)c12. The summed E-state index contributed by atoms with van der Waals surface area (Å²) in [6.07, 6.45) is 1.54. The van der Waals surface area contributed by atoms with Gasteiger partial charge in [-0.3, -0.25) is 9.59 Å². The number of hydrogen-bond acceptors (Lipinski definition) is 6. The van der Waals surface area contributed by atoms with Crippen LogP contribution in [-0.4, -0.2) is 33.9 Å². The molecule has 2 amide bonds. The highest BCUT2D eigenvalue weighted by Gasteiger charge is 2.21. The van der Waals surface area contributed by atoms with E-state index in [-0.39, 0.29) is 17.5 Å². The number of aryl methyl sites for hydroxylation is 1. The minimum absolute atomic E-state index is 0.0600. The minimum atomic E-state index is -0.334. The van der Waals surface area contributed by atoms with Crippen LogP contribution in [0, 0.1) is 6.92 Å². The Labute approximate surface area is 172 Å². The van der Waals surface area contributed by atoms with Gasteiger partial charge in [0.2, 0.25) is 5.91 Å². The lowest BCUT2D eigenvalue weighted by molar-refractivity contribution is -0.128. The van der Waals surface area contributed by atoms with E-state index in [4.69, 9.17) is 8.94 Å². The fraction of sp³-hybridized carbons (Fsp3) is 0.182. The largest absolute Gasteiger partial charge is 0.463 e. The highest BCUT2D eigenvalue weighted by molar-refractivity contribution is 6.13. The molecule has 3 heterocycles. The third-order valence-corrected chi connectivity index (χ3v) is 4.85. The van der Waals surface area contributed by atoms with E-state index in [1.165, 1.54) is 13.2 Å². The van der Waals surface area contributed by atoms with Gasteiger partial charge in [0, 0.05) is 26.2 Å². The van der Waals surface area contributed by atoms with Gasteiger partial charge in [0.1, 0.15) is 5.69 Å². The van der Waals surface area contributed by atoms with Crippen molar-refractivity contribution in [2.75, 3.05) is 12.4 Å². The average molecular weight is 404 g/mol. The maximum absolute atomic E-state index is 13.3. The summed E-state index contributed by atoms with van der Waals surface area (Å²) in [5, 5.41) is 7.44. The number of carbonyl (C=O) groups excluding carboxylic acids is 2. The average Bonchev–Trinajstić information content (AvgIpc) is 3.39. The Morgan fingerprint density at radius 2 is 1.97 bits per heavy atom. The first-order valence-corrected chi connectivity index (χ1v) is 9.36. The Hall–Kier alpha value is -3.94. The van der Waals surface area contributed by atoms with Crippen molar-refractivity contribution < 1.29 is 18.5 Å². The van der Waals surface area contributed by atoms with Gasteiger partial charge in [0.05, 0.1) is 22.9 Å². The molecule has 3 aromatic heterocycles. The Morgan fingerprint density at radius 1 is 1.17 bits per heavy atom. The fourth-order valence-corrected chi connectivity index (χ4v) is 3.16. The van der Waals surface area contributed by atoms with Crippen molar-refractivity contribution in [3.63, 3.8) is 0 Å². The van der Waals surface area contributed by atoms with Crippen LogP contribution in [0.2, 0.25) is 0 Å². The minimum Gasteiger partial charge on any atom is -0.463 e. The number of rotatable bonds is 5. The van der Waals surface area contributed by atoms with Crippen molar-refractivity contribution in [1.29, 1.82) is 0 Å². The van der Waals surface area contributed by atoms with Gasteiger partial charge in [-0.25, -0.2) is 4.98 Å². The molecular formula is C22H20N4O4. The van der Waals surface area contributed by atoms with Gasteiger partial charge in [-0.2, -0.15) is 0 Å². The van der Waals surface area contributed by atoms with Gasteiger partial charge >= 0.3 is 0 Å². The number of hydrogen-bond donors (Lipinski definition) is 1. The van der Waals surface area contributed by atoms with Gasteiger partial charge in [0.25, 0.3) is 11.6 Å². The smallest absolute Gasteiger partial charge is 0.259 e. The summed E-state index contributed by atoms with van der Waals surface area (Å²) in [6.45, 7) is 3.63. The molecule has 0 saturated heterocycles. The number of carbonyl (C=O) groups is 2. The van der Waals surface area contributed by atoms with Crippen LogP contribution in [0.1, 0.15) is 28.5 Å².